The summed E-state index contributed by atoms with van der Waals surface area (Å²) < 4.78 is 11.3. The van der Waals surface area contributed by atoms with E-state index in [1.54, 1.807) is 0 Å². The molecule has 0 heterocycles. The fraction of sp³-hybridized carbons (Fsp3) is 0.833. The normalized spacial score (nSPS) is 20.1. The minimum absolute atomic E-state index is 0.671. The van der Waals surface area contributed by atoms with Crippen LogP contribution in [-0.2, 0) is 0 Å². The van der Waals surface area contributed by atoms with Crippen molar-refractivity contribution in [2.75, 3.05) is 0 Å². The van der Waals surface area contributed by atoms with Crippen LogP contribution in [0.25, 0.3) is 0 Å². The highest BCUT2D eigenvalue weighted by Gasteiger charge is 2.19. The van der Waals surface area contributed by atoms with E-state index >= 15 is 0 Å². The zero-order valence-electron chi connectivity index (χ0n) is 4.36. The van der Waals surface area contributed by atoms with Gasteiger partial charge in [-0.05, 0) is 18.8 Å². The molecule has 41 valence electrons. The zero-order valence-corrected chi connectivity index (χ0v) is 4.36. The zero-order chi connectivity index (χ0) is 5.11. The average molecular weight is 101 g/mol. The third kappa shape index (κ3) is 1.91. The molecule has 1 heteroatoms. The van der Waals surface area contributed by atoms with Gasteiger partial charge in [-0.1, -0.05) is 12.8 Å². The van der Waals surface area contributed by atoms with Gasteiger partial charge in [-0.2, -0.15) is 0 Å². The molecule has 0 saturated heterocycles. The first-order valence-electron chi connectivity index (χ1n) is 2.85. The van der Waals surface area contributed by atoms with Gasteiger partial charge in [0, 0.05) is 0 Å². The van der Waals surface area contributed by atoms with Crippen LogP contribution in [0.5, 0.6) is 0 Å². The summed E-state index contributed by atoms with van der Waals surface area (Å²) in [7, 11) is 0. The van der Waals surface area contributed by atoms with Crippen LogP contribution in [0.1, 0.15) is 25.7 Å². The van der Waals surface area contributed by atoms with Crippen molar-refractivity contribution in [3.63, 3.8) is 0 Å². The number of hydrogen-bond donors (Lipinski definition) is 0. The van der Waals surface area contributed by atoms with Crippen LogP contribution in [0, 0.1) is 12.6 Å². The minimum Gasteiger partial charge on any atom is -0.244 e. The first kappa shape index (κ1) is 5.07. The van der Waals surface area contributed by atoms with Crippen molar-refractivity contribution in [2.45, 2.75) is 25.7 Å². The monoisotopic (exact) mass is 101 g/mol. The lowest BCUT2D eigenvalue weighted by Gasteiger charge is -1.86. The maximum Gasteiger partial charge on any atom is 0.131 e. The summed E-state index contributed by atoms with van der Waals surface area (Å²) in [6.07, 6.45) is 4.43. The second kappa shape index (κ2) is 2.29. The van der Waals surface area contributed by atoms with E-state index in [1.165, 1.54) is 12.8 Å². The second-order valence-corrected chi connectivity index (χ2v) is 2.18. The van der Waals surface area contributed by atoms with Gasteiger partial charge in [0.25, 0.3) is 0 Å². The van der Waals surface area contributed by atoms with E-state index in [1.807, 2.05) is 0 Å². The molecule has 0 nitrogen and oxygen atoms in total. The predicted molar refractivity (Wildman–Crippen MR) is 27.4 cm³/mol. The van der Waals surface area contributed by atoms with Crippen LogP contribution in [0.4, 0.5) is 4.39 Å². The van der Waals surface area contributed by atoms with E-state index in [-0.39, 0.29) is 0 Å². The lowest BCUT2D eigenvalue weighted by atomic mass is 10.2. The highest BCUT2D eigenvalue weighted by molar-refractivity contribution is 4.73. The van der Waals surface area contributed by atoms with Crippen LogP contribution in [0.2, 0.25) is 0 Å². The Morgan fingerprint density at radius 2 is 2.29 bits per heavy atom. The molecule has 0 aromatic rings. The Bertz CT molecular complexity index is 48.1. The predicted octanol–water partition coefficient (Wildman–Crippen LogP) is 2.31. The molecule has 1 aliphatic carbocycles. The van der Waals surface area contributed by atoms with Gasteiger partial charge in [-0.25, -0.2) is 4.39 Å². The van der Waals surface area contributed by atoms with Crippen LogP contribution in [0.15, 0.2) is 0 Å². The Labute approximate surface area is 43.7 Å². The molecule has 1 saturated carbocycles. The van der Waals surface area contributed by atoms with Crippen molar-refractivity contribution < 1.29 is 4.39 Å². The lowest BCUT2D eigenvalue weighted by Crippen LogP contribution is -1.72. The van der Waals surface area contributed by atoms with Crippen molar-refractivity contribution in [2.24, 2.45) is 5.92 Å². The maximum absolute atomic E-state index is 11.3. The van der Waals surface area contributed by atoms with E-state index in [4.69, 9.17) is 0 Å². The SMILES string of the molecule is F[CH]CCC1CC1. The molecule has 1 fully saturated rings. The fourth-order valence-electron chi connectivity index (χ4n) is 0.705. The van der Waals surface area contributed by atoms with Crippen molar-refractivity contribution in [3.05, 3.63) is 6.67 Å². The first-order chi connectivity index (χ1) is 3.43. The summed E-state index contributed by atoms with van der Waals surface area (Å²) in [6.45, 7) is 0.762. The Kier molecular flexibility index (Phi) is 1.66. The highest BCUT2D eigenvalue weighted by atomic mass is 19.1. The molecular formula is C6H10F. The Morgan fingerprint density at radius 1 is 1.57 bits per heavy atom. The van der Waals surface area contributed by atoms with Gasteiger partial charge in [0.05, 0.1) is 0 Å². The first-order valence-corrected chi connectivity index (χ1v) is 2.85. The smallest absolute Gasteiger partial charge is 0.131 e. The Balaban J connectivity index is 1.80. The third-order valence-corrected chi connectivity index (χ3v) is 1.38. The topological polar surface area (TPSA) is 0 Å². The van der Waals surface area contributed by atoms with E-state index in [0.29, 0.717) is 6.42 Å². The molecule has 0 bridgehead atoms. The molecule has 0 aromatic heterocycles. The summed E-state index contributed by atoms with van der Waals surface area (Å²) >= 11 is 0. The molecular weight excluding hydrogens is 91.1 g/mol. The van der Waals surface area contributed by atoms with E-state index in [9.17, 15) is 4.39 Å². The Morgan fingerprint density at radius 3 is 2.71 bits per heavy atom. The standard InChI is InChI=1S/C6H10F/c7-5-1-2-6-3-4-6/h5-6H,1-4H2. The highest BCUT2D eigenvalue weighted by Crippen LogP contribution is 2.33. The summed E-state index contributed by atoms with van der Waals surface area (Å²) in [5.41, 5.74) is 0. The minimum atomic E-state index is 0.671. The molecule has 0 amide bonds. The fourth-order valence-corrected chi connectivity index (χ4v) is 0.705. The molecule has 0 spiro atoms. The summed E-state index contributed by atoms with van der Waals surface area (Å²) in [6, 6.07) is 0. The van der Waals surface area contributed by atoms with Gasteiger partial charge in [-0.15, -0.1) is 0 Å². The number of halogens is 1. The second-order valence-electron chi connectivity index (χ2n) is 2.18. The van der Waals surface area contributed by atoms with Crippen molar-refractivity contribution >= 4 is 0 Å². The molecule has 0 N–H and O–H groups in total. The van der Waals surface area contributed by atoms with Gasteiger partial charge in [0.1, 0.15) is 6.67 Å². The van der Waals surface area contributed by atoms with Gasteiger partial charge in [-0.3, -0.25) is 0 Å². The van der Waals surface area contributed by atoms with Crippen LogP contribution in [0.3, 0.4) is 0 Å². The number of rotatable bonds is 3. The van der Waals surface area contributed by atoms with Crippen LogP contribution >= 0.6 is 0 Å². The average Bonchev–Trinajstić information content (AvgIpc) is 2.42. The summed E-state index contributed by atoms with van der Waals surface area (Å²) in [5.74, 6) is 0.881. The summed E-state index contributed by atoms with van der Waals surface area (Å²) in [4.78, 5) is 0. The van der Waals surface area contributed by atoms with Crippen molar-refractivity contribution in [3.8, 4) is 0 Å². The van der Waals surface area contributed by atoms with Crippen molar-refractivity contribution in [1.82, 2.24) is 0 Å². The van der Waals surface area contributed by atoms with Crippen LogP contribution < -0.4 is 0 Å². The molecule has 1 rings (SSSR count). The quantitative estimate of drug-likeness (QED) is 0.511. The molecule has 0 unspecified atom stereocenters. The lowest BCUT2D eigenvalue weighted by molar-refractivity contribution is 0.544. The number of hydrogen-bond acceptors (Lipinski definition) is 0. The molecule has 1 aliphatic rings. The maximum atomic E-state index is 11.3. The van der Waals surface area contributed by atoms with E-state index in [2.05, 4.69) is 0 Å². The van der Waals surface area contributed by atoms with Gasteiger partial charge in [0.15, 0.2) is 0 Å². The van der Waals surface area contributed by atoms with Gasteiger partial charge < -0.3 is 0 Å². The molecule has 7 heavy (non-hydrogen) atoms. The van der Waals surface area contributed by atoms with E-state index in [0.717, 1.165) is 19.0 Å². The third-order valence-electron chi connectivity index (χ3n) is 1.38. The molecule has 0 atom stereocenters. The van der Waals surface area contributed by atoms with Crippen molar-refractivity contribution in [1.29, 1.82) is 0 Å². The molecule has 1 radical (unpaired) electrons. The largest absolute Gasteiger partial charge is 0.244 e. The summed E-state index contributed by atoms with van der Waals surface area (Å²) in [5, 5.41) is 0. The van der Waals surface area contributed by atoms with Gasteiger partial charge >= 0.3 is 0 Å². The Hall–Kier alpha value is -0.0700. The van der Waals surface area contributed by atoms with Crippen LogP contribution in [-0.4, -0.2) is 0 Å². The molecule has 0 aromatic carbocycles. The van der Waals surface area contributed by atoms with Gasteiger partial charge in [0.2, 0.25) is 0 Å². The van der Waals surface area contributed by atoms with E-state index < -0.39 is 0 Å². The molecule has 0 aliphatic heterocycles.